The number of amides is 1. The lowest BCUT2D eigenvalue weighted by molar-refractivity contribution is -0.142. The molecule has 0 heterocycles. The molecular formula is C18H22ClNO3. The molecule has 1 N–H and O–H groups in total. The second kappa shape index (κ2) is 6.52. The van der Waals surface area contributed by atoms with Crippen LogP contribution >= 0.6 is 11.6 Å². The number of nitrogens with zero attached hydrogens (tertiary/aromatic N) is 1. The SMILES string of the molecule is CC(c1ccccc1Cl)N(C(=O)[C@@H]1CC[C@H](C(=O)O)C1)C1CC1. The van der Waals surface area contributed by atoms with Crippen molar-refractivity contribution in [3.8, 4) is 0 Å². The summed E-state index contributed by atoms with van der Waals surface area (Å²) < 4.78 is 0. The van der Waals surface area contributed by atoms with Crippen LogP contribution < -0.4 is 0 Å². The fourth-order valence-corrected chi connectivity index (χ4v) is 3.94. The molecule has 3 atom stereocenters. The number of halogens is 1. The van der Waals surface area contributed by atoms with Crippen LogP contribution in [0.1, 0.15) is 50.6 Å². The summed E-state index contributed by atoms with van der Waals surface area (Å²) in [6.07, 6.45) is 3.79. The van der Waals surface area contributed by atoms with Gasteiger partial charge in [0.1, 0.15) is 0 Å². The molecule has 2 aliphatic rings. The Kier molecular flexibility index (Phi) is 4.62. The highest BCUT2D eigenvalue weighted by Gasteiger charge is 2.42. The van der Waals surface area contributed by atoms with E-state index in [2.05, 4.69) is 0 Å². The fourth-order valence-electron chi connectivity index (χ4n) is 3.64. The Morgan fingerprint density at radius 1 is 1.17 bits per heavy atom. The molecule has 0 spiro atoms. The minimum Gasteiger partial charge on any atom is -0.481 e. The summed E-state index contributed by atoms with van der Waals surface area (Å²) in [6.45, 7) is 2.01. The van der Waals surface area contributed by atoms with Gasteiger partial charge in [-0.05, 0) is 50.7 Å². The molecule has 124 valence electrons. The molecule has 1 aromatic rings. The van der Waals surface area contributed by atoms with E-state index in [9.17, 15) is 9.59 Å². The van der Waals surface area contributed by atoms with Gasteiger partial charge < -0.3 is 10.0 Å². The predicted octanol–water partition coefficient (Wildman–Crippen LogP) is 3.89. The normalized spacial score (nSPS) is 25.1. The Morgan fingerprint density at radius 2 is 1.83 bits per heavy atom. The molecule has 0 saturated heterocycles. The van der Waals surface area contributed by atoms with E-state index in [1.165, 1.54) is 0 Å². The van der Waals surface area contributed by atoms with Crippen LogP contribution in [-0.2, 0) is 9.59 Å². The smallest absolute Gasteiger partial charge is 0.306 e. The van der Waals surface area contributed by atoms with E-state index in [-0.39, 0.29) is 29.8 Å². The van der Waals surface area contributed by atoms with Crippen LogP contribution in [0.3, 0.4) is 0 Å². The van der Waals surface area contributed by atoms with Gasteiger partial charge in [-0.25, -0.2) is 0 Å². The molecule has 4 nitrogen and oxygen atoms in total. The maximum atomic E-state index is 13.0. The highest BCUT2D eigenvalue weighted by atomic mass is 35.5. The molecule has 0 bridgehead atoms. The monoisotopic (exact) mass is 335 g/mol. The van der Waals surface area contributed by atoms with Gasteiger partial charge in [0.15, 0.2) is 0 Å². The van der Waals surface area contributed by atoms with Crippen LogP contribution in [0.25, 0.3) is 0 Å². The zero-order valence-electron chi connectivity index (χ0n) is 13.2. The van der Waals surface area contributed by atoms with Gasteiger partial charge in [0.25, 0.3) is 0 Å². The van der Waals surface area contributed by atoms with Gasteiger partial charge in [-0.3, -0.25) is 9.59 Å². The van der Waals surface area contributed by atoms with E-state index in [0.29, 0.717) is 24.3 Å². The van der Waals surface area contributed by atoms with E-state index in [1.807, 2.05) is 36.1 Å². The van der Waals surface area contributed by atoms with Crippen LogP contribution in [0, 0.1) is 11.8 Å². The Bertz CT molecular complexity index is 614. The first-order chi connectivity index (χ1) is 11.0. The highest BCUT2D eigenvalue weighted by molar-refractivity contribution is 6.31. The van der Waals surface area contributed by atoms with Crippen molar-refractivity contribution < 1.29 is 14.7 Å². The molecule has 23 heavy (non-hydrogen) atoms. The molecule has 0 aliphatic heterocycles. The number of carboxylic acid groups (broad SMARTS) is 1. The summed E-state index contributed by atoms with van der Waals surface area (Å²) in [7, 11) is 0. The quantitative estimate of drug-likeness (QED) is 0.888. The number of carboxylic acids is 1. The van der Waals surface area contributed by atoms with Crippen molar-refractivity contribution in [3.63, 3.8) is 0 Å². The molecule has 1 aromatic carbocycles. The number of hydrogen-bond donors (Lipinski definition) is 1. The van der Waals surface area contributed by atoms with Gasteiger partial charge in [0.2, 0.25) is 5.91 Å². The van der Waals surface area contributed by atoms with Crippen LogP contribution in [0.4, 0.5) is 0 Å². The second-order valence-electron chi connectivity index (χ2n) is 6.72. The lowest BCUT2D eigenvalue weighted by Gasteiger charge is -2.32. The van der Waals surface area contributed by atoms with Crippen LogP contribution in [-0.4, -0.2) is 27.9 Å². The van der Waals surface area contributed by atoms with Crippen molar-refractivity contribution in [3.05, 3.63) is 34.9 Å². The number of rotatable bonds is 5. The summed E-state index contributed by atoms with van der Waals surface area (Å²) in [4.78, 5) is 26.1. The minimum atomic E-state index is -0.780. The summed E-state index contributed by atoms with van der Waals surface area (Å²) in [5.41, 5.74) is 0.960. The molecule has 3 rings (SSSR count). The van der Waals surface area contributed by atoms with Gasteiger partial charge in [-0.2, -0.15) is 0 Å². The lowest BCUT2D eigenvalue weighted by atomic mass is 10.0. The van der Waals surface area contributed by atoms with Crippen molar-refractivity contribution in [2.45, 2.75) is 51.1 Å². The molecule has 0 aromatic heterocycles. The van der Waals surface area contributed by atoms with E-state index in [1.54, 1.807) is 0 Å². The molecule has 2 saturated carbocycles. The van der Waals surface area contributed by atoms with Gasteiger partial charge >= 0.3 is 5.97 Å². The van der Waals surface area contributed by atoms with E-state index in [0.717, 1.165) is 18.4 Å². The molecule has 1 amide bonds. The third-order valence-electron chi connectivity index (χ3n) is 5.10. The fraction of sp³-hybridized carbons (Fsp3) is 0.556. The second-order valence-corrected chi connectivity index (χ2v) is 7.13. The number of benzene rings is 1. The topological polar surface area (TPSA) is 57.6 Å². The lowest BCUT2D eigenvalue weighted by Crippen LogP contribution is -2.39. The van der Waals surface area contributed by atoms with Crippen LogP contribution in [0.2, 0.25) is 5.02 Å². The third-order valence-corrected chi connectivity index (χ3v) is 5.44. The Morgan fingerprint density at radius 3 is 2.39 bits per heavy atom. The van der Waals surface area contributed by atoms with Crippen molar-refractivity contribution in [2.24, 2.45) is 11.8 Å². The standard InChI is InChI=1S/C18H22ClNO3/c1-11(15-4-2-3-5-16(15)19)20(14-8-9-14)17(21)12-6-7-13(10-12)18(22)23/h2-5,11-14H,6-10H2,1H3,(H,22,23)/t11?,12-,13+/m1/s1. The van der Waals surface area contributed by atoms with Gasteiger partial charge in [0.05, 0.1) is 12.0 Å². The highest BCUT2D eigenvalue weighted by Crippen LogP contribution is 2.40. The molecule has 5 heteroatoms. The van der Waals surface area contributed by atoms with E-state index in [4.69, 9.17) is 16.7 Å². The molecule has 1 unspecified atom stereocenters. The van der Waals surface area contributed by atoms with E-state index >= 15 is 0 Å². The maximum Gasteiger partial charge on any atom is 0.306 e. The Balaban J connectivity index is 1.78. The van der Waals surface area contributed by atoms with Gasteiger partial charge in [0, 0.05) is 17.0 Å². The maximum absolute atomic E-state index is 13.0. The zero-order valence-corrected chi connectivity index (χ0v) is 14.0. The predicted molar refractivity (Wildman–Crippen MR) is 88.2 cm³/mol. The first-order valence-corrected chi connectivity index (χ1v) is 8.66. The third kappa shape index (κ3) is 3.37. The van der Waals surface area contributed by atoms with E-state index < -0.39 is 5.97 Å². The molecular weight excluding hydrogens is 314 g/mol. The summed E-state index contributed by atoms with van der Waals surface area (Å²) >= 11 is 6.30. The van der Waals surface area contributed by atoms with Gasteiger partial charge in [-0.15, -0.1) is 0 Å². The van der Waals surface area contributed by atoms with Crippen molar-refractivity contribution >= 4 is 23.5 Å². The first kappa shape index (κ1) is 16.3. The largest absolute Gasteiger partial charge is 0.481 e. The summed E-state index contributed by atoms with van der Waals surface area (Å²) in [6, 6.07) is 7.83. The molecule has 2 fully saturated rings. The van der Waals surface area contributed by atoms with Crippen LogP contribution in [0.15, 0.2) is 24.3 Å². The molecule has 2 aliphatic carbocycles. The summed E-state index contributed by atoms with van der Waals surface area (Å²) in [5.74, 6) is -1.22. The van der Waals surface area contributed by atoms with Crippen LogP contribution in [0.5, 0.6) is 0 Å². The minimum absolute atomic E-state index is 0.0763. The Labute approximate surface area is 141 Å². The van der Waals surface area contributed by atoms with Crippen molar-refractivity contribution in [1.29, 1.82) is 0 Å². The summed E-state index contributed by atoms with van der Waals surface area (Å²) in [5, 5.41) is 9.83. The van der Waals surface area contributed by atoms with Crippen molar-refractivity contribution in [1.82, 2.24) is 4.90 Å². The molecule has 0 radical (unpaired) electrons. The first-order valence-electron chi connectivity index (χ1n) is 8.28. The number of carbonyl (C=O) groups is 2. The number of hydrogen-bond acceptors (Lipinski definition) is 2. The number of aliphatic carboxylic acids is 1. The zero-order chi connectivity index (χ0) is 16.6. The Hall–Kier alpha value is -1.55. The van der Waals surface area contributed by atoms with Crippen molar-refractivity contribution in [2.75, 3.05) is 0 Å². The average Bonchev–Trinajstić information content (AvgIpc) is 3.21. The van der Waals surface area contributed by atoms with Gasteiger partial charge in [-0.1, -0.05) is 29.8 Å². The number of carbonyl (C=O) groups excluding carboxylic acids is 1. The average molecular weight is 336 g/mol.